The Bertz CT molecular complexity index is 583. The van der Waals surface area contributed by atoms with Gasteiger partial charge in [-0.2, -0.15) is 4.98 Å². The number of nitrogens with zero attached hydrogens (tertiary/aromatic N) is 2. The Morgan fingerprint density at radius 2 is 2.14 bits per heavy atom. The van der Waals surface area contributed by atoms with E-state index in [1.807, 2.05) is 19.1 Å². The van der Waals surface area contributed by atoms with Crippen LogP contribution in [0.2, 0.25) is 0 Å². The second-order valence-electron chi connectivity index (χ2n) is 5.36. The number of aromatic nitrogens is 2. The summed E-state index contributed by atoms with van der Waals surface area (Å²) >= 11 is 1.69. The number of hydrogen-bond acceptors (Lipinski definition) is 6. The molecule has 0 amide bonds. The summed E-state index contributed by atoms with van der Waals surface area (Å²) in [5.41, 5.74) is 7.52. The summed E-state index contributed by atoms with van der Waals surface area (Å²) in [5.74, 6) is 1.71. The summed E-state index contributed by atoms with van der Waals surface area (Å²) < 4.78 is 5.62. The van der Waals surface area contributed by atoms with E-state index < -0.39 is 0 Å². The number of thiazole rings is 1. The Morgan fingerprint density at radius 3 is 2.81 bits per heavy atom. The molecule has 0 unspecified atom stereocenters. The summed E-state index contributed by atoms with van der Waals surface area (Å²) in [4.78, 5) is 8.84. The van der Waals surface area contributed by atoms with Crippen LogP contribution in [0, 0.1) is 12.8 Å². The molecule has 0 fully saturated rings. The zero-order valence-electron chi connectivity index (χ0n) is 12.7. The smallest absolute Gasteiger partial charge is 0.239 e. The van der Waals surface area contributed by atoms with Gasteiger partial charge in [0.2, 0.25) is 5.88 Å². The third kappa shape index (κ3) is 4.90. The van der Waals surface area contributed by atoms with E-state index in [0.29, 0.717) is 24.1 Å². The van der Waals surface area contributed by atoms with Gasteiger partial charge in [0.15, 0.2) is 0 Å². The van der Waals surface area contributed by atoms with Crippen LogP contribution in [0.15, 0.2) is 17.5 Å². The summed E-state index contributed by atoms with van der Waals surface area (Å²) in [6.45, 7) is 7.59. The van der Waals surface area contributed by atoms with Crippen LogP contribution in [0.4, 0.5) is 11.5 Å². The van der Waals surface area contributed by atoms with Gasteiger partial charge in [0, 0.05) is 24.0 Å². The van der Waals surface area contributed by atoms with Crippen molar-refractivity contribution < 1.29 is 4.74 Å². The first-order valence-electron chi connectivity index (χ1n) is 7.09. The second-order valence-corrected chi connectivity index (χ2v) is 6.30. The molecule has 0 aliphatic rings. The Balaban J connectivity index is 1.89. The van der Waals surface area contributed by atoms with Crippen molar-refractivity contribution in [3.63, 3.8) is 0 Å². The third-order valence-electron chi connectivity index (χ3n) is 2.75. The molecule has 0 aliphatic carbocycles. The highest BCUT2D eigenvalue weighted by molar-refractivity contribution is 7.09. The van der Waals surface area contributed by atoms with Crippen LogP contribution in [0.1, 0.15) is 24.5 Å². The van der Waals surface area contributed by atoms with Crippen molar-refractivity contribution >= 4 is 22.8 Å². The van der Waals surface area contributed by atoms with Crippen LogP contribution in [0.25, 0.3) is 0 Å². The zero-order chi connectivity index (χ0) is 15.2. The second kappa shape index (κ2) is 7.26. The summed E-state index contributed by atoms with van der Waals surface area (Å²) in [7, 11) is 0. The first kappa shape index (κ1) is 15.6. The number of pyridine rings is 1. The lowest BCUT2D eigenvalue weighted by Gasteiger charge is -2.12. The predicted octanol–water partition coefficient (Wildman–Crippen LogP) is 3.12. The summed E-state index contributed by atoms with van der Waals surface area (Å²) in [6, 6.07) is 3.68. The highest BCUT2D eigenvalue weighted by Gasteiger charge is 2.06. The fraction of sp³-hybridized carbons (Fsp3) is 0.467. The van der Waals surface area contributed by atoms with Crippen LogP contribution >= 0.6 is 11.3 Å². The maximum absolute atomic E-state index is 5.87. The molecule has 2 heterocycles. The van der Waals surface area contributed by atoms with Crippen molar-refractivity contribution in [1.82, 2.24) is 9.97 Å². The lowest BCUT2D eigenvalue weighted by Crippen LogP contribution is -2.10. The van der Waals surface area contributed by atoms with E-state index in [1.54, 1.807) is 11.3 Å². The van der Waals surface area contributed by atoms with Crippen molar-refractivity contribution in [2.24, 2.45) is 5.92 Å². The van der Waals surface area contributed by atoms with Gasteiger partial charge in [-0.15, -0.1) is 11.3 Å². The molecule has 0 radical (unpaired) electrons. The number of nitrogen functional groups attached to an aromatic ring is 1. The topological polar surface area (TPSA) is 73.1 Å². The number of nitrogens with one attached hydrogen (secondary N) is 1. The van der Waals surface area contributed by atoms with Gasteiger partial charge in [-0.25, -0.2) is 4.98 Å². The molecule has 2 rings (SSSR count). The molecule has 0 saturated heterocycles. The normalized spacial score (nSPS) is 10.9. The molecular formula is C15H22N4OS. The molecule has 0 bridgehead atoms. The molecule has 2 aromatic rings. The maximum atomic E-state index is 5.87. The molecule has 0 aliphatic heterocycles. The minimum Gasteiger partial charge on any atom is -0.476 e. The third-order valence-corrected chi connectivity index (χ3v) is 3.78. The van der Waals surface area contributed by atoms with Gasteiger partial charge < -0.3 is 15.8 Å². The van der Waals surface area contributed by atoms with Crippen LogP contribution < -0.4 is 15.8 Å². The standard InChI is InChI=1S/C15H22N4OS/c1-10(2)8-20-15-12(16)4-5-13(19-15)17-7-6-14-18-11(3)9-21-14/h4-5,9-10H,6-8,16H2,1-3H3,(H,17,19). The lowest BCUT2D eigenvalue weighted by molar-refractivity contribution is 0.263. The number of nitrogens with two attached hydrogens (primary N) is 1. The van der Waals surface area contributed by atoms with Gasteiger partial charge in [-0.3, -0.25) is 0 Å². The number of aryl methyl sites for hydroxylation is 1. The number of anilines is 2. The molecule has 0 aromatic carbocycles. The molecule has 3 N–H and O–H groups in total. The average Bonchev–Trinajstić information content (AvgIpc) is 2.84. The van der Waals surface area contributed by atoms with Crippen molar-refractivity contribution in [2.45, 2.75) is 27.2 Å². The largest absolute Gasteiger partial charge is 0.476 e. The molecule has 2 aromatic heterocycles. The predicted molar refractivity (Wildman–Crippen MR) is 88.0 cm³/mol. The Kier molecular flexibility index (Phi) is 5.38. The van der Waals surface area contributed by atoms with Gasteiger partial charge >= 0.3 is 0 Å². The van der Waals surface area contributed by atoms with Crippen molar-refractivity contribution in [2.75, 3.05) is 24.2 Å². The minimum atomic E-state index is 0.441. The van der Waals surface area contributed by atoms with Gasteiger partial charge in [-0.05, 0) is 25.0 Å². The molecule has 114 valence electrons. The SMILES string of the molecule is Cc1csc(CCNc2ccc(N)c(OCC(C)C)n2)n1. The fourth-order valence-electron chi connectivity index (χ4n) is 1.73. The molecule has 0 saturated carbocycles. The highest BCUT2D eigenvalue weighted by Crippen LogP contribution is 2.21. The van der Waals surface area contributed by atoms with Crippen molar-refractivity contribution in [1.29, 1.82) is 0 Å². The quantitative estimate of drug-likeness (QED) is 0.822. The molecule has 0 atom stereocenters. The molecule has 5 nitrogen and oxygen atoms in total. The van der Waals surface area contributed by atoms with Crippen LogP contribution in [0.5, 0.6) is 5.88 Å². The van der Waals surface area contributed by atoms with E-state index in [0.717, 1.165) is 29.5 Å². The van der Waals surface area contributed by atoms with E-state index in [9.17, 15) is 0 Å². The number of hydrogen-bond donors (Lipinski definition) is 2. The van der Waals surface area contributed by atoms with E-state index in [4.69, 9.17) is 10.5 Å². The molecule has 21 heavy (non-hydrogen) atoms. The lowest BCUT2D eigenvalue weighted by atomic mass is 10.2. The van der Waals surface area contributed by atoms with Gasteiger partial charge in [0.1, 0.15) is 5.82 Å². The number of rotatable bonds is 7. The Morgan fingerprint density at radius 1 is 1.33 bits per heavy atom. The van der Waals surface area contributed by atoms with E-state index in [2.05, 4.69) is 34.5 Å². The zero-order valence-corrected chi connectivity index (χ0v) is 13.5. The van der Waals surface area contributed by atoms with Crippen LogP contribution in [-0.2, 0) is 6.42 Å². The minimum absolute atomic E-state index is 0.441. The van der Waals surface area contributed by atoms with Crippen LogP contribution in [-0.4, -0.2) is 23.1 Å². The first-order chi connectivity index (χ1) is 10.0. The Hall–Kier alpha value is -1.82. The summed E-state index contributed by atoms with van der Waals surface area (Å²) in [5, 5.41) is 6.47. The van der Waals surface area contributed by atoms with E-state index in [1.165, 1.54) is 0 Å². The van der Waals surface area contributed by atoms with E-state index in [-0.39, 0.29) is 0 Å². The molecule has 6 heteroatoms. The van der Waals surface area contributed by atoms with Gasteiger partial charge in [-0.1, -0.05) is 13.8 Å². The monoisotopic (exact) mass is 306 g/mol. The van der Waals surface area contributed by atoms with Gasteiger partial charge in [0.25, 0.3) is 0 Å². The van der Waals surface area contributed by atoms with E-state index >= 15 is 0 Å². The van der Waals surface area contributed by atoms with Gasteiger partial charge in [0.05, 0.1) is 17.3 Å². The molecular weight excluding hydrogens is 284 g/mol. The Labute approximate surface area is 129 Å². The van der Waals surface area contributed by atoms with Crippen molar-refractivity contribution in [3.05, 3.63) is 28.2 Å². The first-order valence-corrected chi connectivity index (χ1v) is 7.96. The average molecular weight is 306 g/mol. The number of ether oxygens (including phenoxy) is 1. The fourth-order valence-corrected chi connectivity index (χ4v) is 2.50. The maximum Gasteiger partial charge on any atom is 0.239 e. The van der Waals surface area contributed by atoms with Crippen molar-refractivity contribution in [3.8, 4) is 5.88 Å². The van der Waals surface area contributed by atoms with Crippen LogP contribution in [0.3, 0.4) is 0 Å². The molecule has 0 spiro atoms. The summed E-state index contributed by atoms with van der Waals surface area (Å²) in [6.07, 6.45) is 0.882. The highest BCUT2D eigenvalue weighted by atomic mass is 32.1.